The predicted octanol–water partition coefficient (Wildman–Crippen LogP) is 2.94. The molecule has 0 spiro atoms. The van der Waals surface area contributed by atoms with Gasteiger partial charge in [-0.25, -0.2) is 0 Å². The second-order valence-corrected chi connectivity index (χ2v) is 2.72. The Kier molecular flexibility index (Phi) is 71.9. The van der Waals surface area contributed by atoms with E-state index in [4.69, 9.17) is 0 Å². The van der Waals surface area contributed by atoms with Crippen molar-refractivity contribution < 1.29 is 62.2 Å². The Labute approximate surface area is 190 Å². The largest absolute Gasteiger partial charge is 2.00 e. The van der Waals surface area contributed by atoms with Crippen LogP contribution in [0.1, 0.15) is 53.2 Å². The van der Waals surface area contributed by atoms with Crippen molar-refractivity contribution in [2.75, 3.05) is 0 Å². The van der Waals surface area contributed by atoms with Gasteiger partial charge in [-0.1, -0.05) is 45.0 Å². The van der Waals surface area contributed by atoms with E-state index in [0.29, 0.717) is 5.82 Å². The van der Waals surface area contributed by atoms with E-state index in [0.717, 1.165) is 12.2 Å². The number of aromatic amines is 2. The van der Waals surface area contributed by atoms with Gasteiger partial charge in [0.2, 0.25) is 0 Å². The fourth-order valence-corrected chi connectivity index (χ4v) is 0.515. The maximum Gasteiger partial charge on any atom is 2.00 e. The molecule has 0 aliphatic carbocycles. The zero-order chi connectivity index (χ0) is 14.2. The van der Waals surface area contributed by atoms with Crippen LogP contribution in [-0.4, -0.2) is 41.2 Å². The molecular formula is C13H32N8U2. The van der Waals surface area contributed by atoms with Crippen LogP contribution in [0.3, 0.4) is 0 Å². The van der Waals surface area contributed by atoms with E-state index in [9.17, 15) is 0 Å². The molecule has 2 aromatic heterocycles. The quantitative estimate of drug-likeness (QED) is 0.432. The van der Waals surface area contributed by atoms with Crippen LogP contribution in [0, 0.1) is 90.9 Å². The summed E-state index contributed by atoms with van der Waals surface area (Å²) in [5.41, 5.74) is 0. The number of tetrazole rings is 2. The minimum Gasteiger partial charge on any atom is -0.358 e. The first kappa shape index (κ1) is 43.5. The van der Waals surface area contributed by atoms with Crippen LogP contribution < -0.4 is 0 Å². The number of hydrogen-bond donors (Lipinski definition) is 2. The zero-order valence-corrected chi connectivity index (χ0v) is 22.8. The Balaban J connectivity index is -0.0000000300. The fraction of sp³-hybridized carbons (Fsp3) is 0.538. The van der Waals surface area contributed by atoms with Gasteiger partial charge in [0.1, 0.15) is 0 Å². The molecule has 0 amide bonds. The van der Waals surface area contributed by atoms with Gasteiger partial charge in [0.15, 0.2) is 5.82 Å². The summed E-state index contributed by atoms with van der Waals surface area (Å²) >= 11 is 0. The summed E-state index contributed by atoms with van der Waals surface area (Å²) in [4.78, 5) is 0. The van der Waals surface area contributed by atoms with Gasteiger partial charge in [-0.3, -0.25) is 0 Å². The third-order valence-corrected chi connectivity index (χ3v) is 1.09. The summed E-state index contributed by atoms with van der Waals surface area (Å²) in [6, 6.07) is 0. The number of hydrogen-bond acceptors (Lipinski definition) is 6. The zero-order valence-electron chi connectivity index (χ0n) is 14.5. The Hall–Kier alpha value is 0.114. The van der Waals surface area contributed by atoms with Gasteiger partial charge in [-0.15, -0.1) is 15.3 Å². The van der Waals surface area contributed by atoms with Crippen molar-refractivity contribution in [1.82, 2.24) is 41.2 Å². The van der Waals surface area contributed by atoms with Crippen LogP contribution in [0.4, 0.5) is 0 Å². The summed E-state index contributed by atoms with van der Waals surface area (Å²) in [7, 11) is 0. The molecule has 2 rings (SSSR count). The smallest absolute Gasteiger partial charge is 0.358 e. The number of nitrogens with zero attached hydrogens (tertiary/aromatic N) is 6. The predicted molar refractivity (Wildman–Crippen MR) is 88.7 cm³/mol. The van der Waals surface area contributed by atoms with Crippen LogP contribution in [0.25, 0.3) is 0 Å². The molecule has 132 valence electrons. The first-order valence-electron chi connectivity index (χ1n) is 5.72. The number of H-pyrrole nitrogens is 2. The Morgan fingerprint density at radius 2 is 1.26 bits per heavy atom. The van der Waals surface area contributed by atoms with Crippen molar-refractivity contribution in [1.29, 1.82) is 0 Å². The molecule has 0 aliphatic heterocycles. The molecule has 23 heavy (non-hydrogen) atoms. The average molecular weight is 777 g/mol. The molecule has 2 N–H and O–H groups in total. The molecule has 8 nitrogen and oxygen atoms in total. The number of nitrogens with one attached hydrogen (secondary N) is 2. The third-order valence-electron chi connectivity index (χ3n) is 1.09. The number of aryl methyl sites for hydroxylation is 1. The second kappa shape index (κ2) is 38.0. The van der Waals surface area contributed by atoms with Crippen LogP contribution >= 0.6 is 0 Å². The second-order valence-electron chi connectivity index (χ2n) is 2.72. The molecular weight excluding hydrogens is 744 g/mol. The van der Waals surface area contributed by atoms with Crippen LogP contribution in [0.15, 0.2) is 0 Å². The normalized spacial score (nSPS) is 6.13. The molecule has 0 unspecified atom stereocenters. The summed E-state index contributed by atoms with van der Waals surface area (Å²) in [6.45, 7) is 14.6. The molecule has 2 heterocycles. The van der Waals surface area contributed by atoms with E-state index in [2.05, 4.69) is 68.9 Å². The molecule has 0 saturated carbocycles. The molecule has 0 aliphatic rings. The van der Waals surface area contributed by atoms with E-state index in [1.165, 1.54) is 6.42 Å². The molecule has 0 radical (unpaired) electrons. The summed E-state index contributed by atoms with van der Waals surface area (Å²) in [5.74, 6) is 1.19. The Morgan fingerprint density at radius 1 is 0.870 bits per heavy atom. The van der Waals surface area contributed by atoms with E-state index in [-0.39, 0.29) is 84.5 Å². The summed E-state index contributed by atoms with van der Waals surface area (Å²) < 4.78 is 0. The van der Waals surface area contributed by atoms with E-state index in [1.54, 1.807) is 6.92 Å². The standard InChI is InChI=1S/C3H6N4.C3H8.C2H3N4.C2H5.CH4.2CH3.2U/c1-2-3-4-6-7-5-3;1-3-2;1-2-3-5-6-4-2;1-2;;;;;/h2H2,1H3,(H,4,5,6,7);3H2,1-2H3;1H2,(H,3,4,5,6);1H2,2H3;1H4;2*1H3;;/q;;2*-1;;2*-1;2*+2. The van der Waals surface area contributed by atoms with Crippen molar-refractivity contribution in [3.8, 4) is 0 Å². The van der Waals surface area contributed by atoms with Gasteiger partial charge >= 0.3 is 62.2 Å². The maximum atomic E-state index is 3.69. The van der Waals surface area contributed by atoms with Crippen LogP contribution in [-0.2, 0) is 6.42 Å². The Morgan fingerprint density at radius 3 is 1.39 bits per heavy atom. The summed E-state index contributed by atoms with van der Waals surface area (Å²) in [5, 5.41) is 25.5. The molecule has 2 aromatic rings. The topological polar surface area (TPSA) is 109 Å². The minimum absolute atomic E-state index is 0. The molecule has 0 atom stereocenters. The first-order valence-corrected chi connectivity index (χ1v) is 5.72. The van der Waals surface area contributed by atoms with Crippen molar-refractivity contribution in [3.05, 3.63) is 40.3 Å². The van der Waals surface area contributed by atoms with Gasteiger partial charge in [0, 0.05) is 12.2 Å². The van der Waals surface area contributed by atoms with Gasteiger partial charge in [-0.05, 0) is 0 Å². The monoisotopic (exact) mass is 776 g/mol. The Bertz CT molecular complexity index is 328. The van der Waals surface area contributed by atoms with Gasteiger partial charge in [-0.2, -0.15) is 22.4 Å². The minimum atomic E-state index is 0. The van der Waals surface area contributed by atoms with E-state index < -0.39 is 0 Å². The van der Waals surface area contributed by atoms with Gasteiger partial charge in [0.05, 0.1) is 0 Å². The molecule has 0 aromatic carbocycles. The van der Waals surface area contributed by atoms with Crippen molar-refractivity contribution in [2.45, 2.75) is 48.0 Å². The van der Waals surface area contributed by atoms with Crippen molar-refractivity contribution in [2.24, 2.45) is 0 Å². The first-order chi connectivity index (χ1) is 8.74. The maximum absolute atomic E-state index is 3.69. The number of aromatic nitrogens is 8. The van der Waals surface area contributed by atoms with E-state index >= 15 is 0 Å². The molecule has 10 heteroatoms. The van der Waals surface area contributed by atoms with Gasteiger partial charge in [0.25, 0.3) is 0 Å². The fourth-order valence-electron chi connectivity index (χ4n) is 0.515. The summed E-state index contributed by atoms with van der Waals surface area (Å²) in [6.07, 6.45) is 2.09. The third kappa shape index (κ3) is 34.5. The van der Waals surface area contributed by atoms with Crippen LogP contribution in [0.2, 0.25) is 0 Å². The van der Waals surface area contributed by atoms with Crippen LogP contribution in [0.5, 0.6) is 0 Å². The molecule has 0 bridgehead atoms. The number of rotatable bonds is 1. The molecule has 0 fully saturated rings. The van der Waals surface area contributed by atoms with E-state index in [1.807, 2.05) is 6.92 Å². The van der Waals surface area contributed by atoms with Crippen molar-refractivity contribution >= 4 is 0 Å². The SMILES string of the molecule is C.CCC.CCc1nn[nH]n1.[CH2-]C.[CH2-]c1nn[nH]n1.[CH3-].[CH3-].[U+2].[U+2]. The average Bonchev–Trinajstić information content (AvgIpc) is 3.06. The van der Waals surface area contributed by atoms with Crippen molar-refractivity contribution in [3.63, 3.8) is 0 Å². The molecule has 0 saturated heterocycles. The van der Waals surface area contributed by atoms with Gasteiger partial charge < -0.3 is 28.7 Å².